The number of carbonyl (C=O) groups excluding carboxylic acids is 6. The number of esters is 2. The SMILES string of the molecule is CC(=O)Oc1ccc(C[C@H]2C(=O)N3CCCCN(C(C)=O)CCCN(C(C)=O)[C@@H](CC(=O)NCCC3)c3ccc(OC(C)=O)c2c3)cc1. The molecule has 2 aliphatic rings. The first-order valence-electron chi connectivity index (χ1n) is 16.6. The molecule has 4 bridgehead atoms. The van der Waals surface area contributed by atoms with Crippen LogP contribution in [-0.2, 0) is 35.2 Å². The zero-order valence-electron chi connectivity index (χ0n) is 28.3. The number of ether oxygens (including phenoxy) is 2. The van der Waals surface area contributed by atoms with E-state index >= 15 is 0 Å². The maximum atomic E-state index is 14.7. The summed E-state index contributed by atoms with van der Waals surface area (Å²) in [5.74, 6) is -1.87. The number of hydrogen-bond donors (Lipinski definition) is 1. The number of carbonyl (C=O) groups is 6. The average molecular weight is 663 g/mol. The lowest BCUT2D eigenvalue weighted by atomic mass is 9.87. The molecule has 0 unspecified atom stereocenters. The molecule has 4 rings (SSSR count). The summed E-state index contributed by atoms with van der Waals surface area (Å²) in [7, 11) is 0. The first-order valence-corrected chi connectivity index (χ1v) is 16.6. The minimum Gasteiger partial charge on any atom is -0.427 e. The third kappa shape index (κ3) is 9.88. The fourth-order valence-electron chi connectivity index (χ4n) is 6.42. The Labute approximate surface area is 281 Å². The fraction of sp³-hybridized carbons (Fsp3) is 0.500. The second-order valence-electron chi connectivity index (χ2n) is 12.4. The molecule has 0 fully saturated rings. The maximum absolute atomic E-state index is 14.7. The van der Waals surface area contributed by atoms with Gasteiger partial charge in [0.15, 0.2) is 0 Å². The molecule has 0 saturated carbocycles. The van der Waals surface area contributed by atoms with E-state index in [1.165, 1.54) is 27.7 Å². The number of rotatable bonds is 4. The van der Waals surface area contributed by atoms with Gasteiger partial charge >= 0.3 is 11.9 Å². The van der Waals surface area contributed by atoms with Gasteiger partial charge in [0.25, 0.3) is 0 Å². The normalized spacial score (nSPS) is 19.7. The molecular formula is C36H46N4O8. The Morgan fingerprint density at radius 3 is 2.10 bits per heavy atom. The van der Waals surface area contributed by atoms with Crippen LogP contribution < -0.4 is 14.8 Å². The summed E-state index contributed by atoms with van der Waals surface area (Å²) in [6.45, 7) is 8.05. The molecule has 2 aromatic rings. The van der Waals surface area contributed by atoms with E-state index in [2.05, 4.69) is 5.32 Å². The summed E-state index contributed by atoms with van der Waals surface area (Å²) >= 11 is 0. The molecule has 2 heterocycles. The monoisotopic (exact) mass is 662 g/mol. The Hall–Kier alpha value is -4.74. The highest BCUT2D eigenvalue weighted by Gasteiger charge is 2.33. The van der Waals surface area contributed by atoms with Crippen molar-refractivity contribution >= 4 is 35.6 Å². The van der Waals surface area contributed by atoms with Crippen LogP contribution in [0.2, 0.25) is 0 Å². The minimum atomic E-state index is -0.795. The molecule has 48 heavy (non-hydrogen) atoms. The number of benzene rings is 2. The van der Waals surface area contributed by atoms with E-state index in [4.69, 9.17) is 9.47 Å². The lowest BCUT2D eigenvalue weighted by Gasteiger charge is -2.33. The minimum absolute atomic E-state index is 0.0116. The van der Waals surface area contributed by atoms with Gasteiger partial charge < -0.3 is 29.5 Å². The molecule has 258 valence electrons. The first kappa shape index (κ1) is 36.1. The Kier molecular flexibility index (Phi) is 12.7. The van der Waals surface area contributed by atoms with E-state index in [0.717, 1.165) is 5.56 Å². The van der Waals surface area contributed by atoms with Gasteiger partial charge in [-0.2, -0.15) is 0 Å². The van der Waals surface area contributed by atoms with Crippen LogP contribution in [0.25, 0.3) is 0 Å². The van der Waals surface area contributed by atoms with E-state index < -0.39 is 23.9 Å². The second-order valence-corrected chi connectivity index (χ2v) is 12.4. The highest BCUT2D eigenvalue weighted by Crippen LogP contribution is 2.37. The summed E-state index contributed by atoms with van der Waals surface area (Å²) in [6.07, 6.45) is 2.58. The lowest BCUT2D eigenvalue weighted by Crippen LogP contribution is -2.39. The van der Waals surface area contributed by atoms with Crippen LogP contribution in [0, 0.1) is 0 Å². The highest BCUT2D eigenvalue weighted by atomic mass is 16.5. The maximum Gasteiger partial charge on any atom is 0.308 e. The molecule has 12 heteroatoms. The molecule has 2 aliphatic heterocycles. The molecule has 4 amide bonds. The molecule has 1 N–H and O–H groups in total. The van der Waals surface area contributed by atoms with Gasteiger partial charge in [-0.1, -0.05) is 18.2 Å². The van der Waals surface area contributed by atoms with Gasteiger partial charge in [0.2, 0.25) is 23.6 Å². The number of fused-ring (bicyclic) bond motifs is 2. The molecule has 0 aliphatic carbocycles. The molecular weight excluding hydrogens is 616 g/mol. The number of hydrogen-bond acceptors (Lipinski definition) is 8. The van der Waals surface area contributed by atoms with Crippen molar-refractivity contribution < 1.29 is 38.2 Å². The van der Waals surface area contributed by atoms with Crippen molar-refractivity contribution in [2.75, 3.05) is 39.3 Å². The number of amides is 4. The van der Waals surface area contributed by atoms with Gasteiger partial charge in [0.05, 0.1) is 18.4 Å². The fourth-order valence-corrected chi connectivity index (χ4v) is 6.42. The zero-order chi connectivity index (χ0) is 34.8. The first-order chi connectivity index (χ1) is 22.9. The lowest BCUT2D eigenvalue weighted by molar-refractivity contribution is -0.134. The predicted molar refractivity (Wildman–Crippen MR) is 177 cm³/mol. The molecule has 2 aromatic carbocycles. The molecule has 0 radical (unpaired) electrons. The quantitative estimate of drug-likeness (QED) is 0.387. The number of nitrogens with zero attached hydrogens (tertiary/aromatic N) is 3. The van der Waals surface area contributed by atoms with Crippen LogP contribution in [0.3, 0.4) is 0 Å². The van der Waals surface area contributed by atoms with E-state index in [1.54, 1.807) is 57.2 Å². The third-order valence-electron chi connectivity index (χ3n) is 8.75. The van der Waals surface area contributed by atoms with Crippen molar-refractivity contribution in [1.82, 2.24) is 20.0 Å². The van der Waals surface area contributed by atoms with Crippen molar-refractivity contribution in [3.63, 3.8) is 0 Å². The van der Waals surface area contributed by atoms with Gasteiger partial charge in [0.1, 0.15) is 11.5 Å². The van der Waals surface area contributed by atoms with E-state index in [-0.39, 0.29) is 42.2 Å². The molecule has 2 atom stereocenters. The van der Waals surface area contributed by atoms with Crippen LogP contribution in [0.5, 0.6) is 11.5 Å². The Morgan fingerprint density at radius 2 is 1.44 bits per heavy atom. The van der Waals surface area contributed by atoms with Crippen molar-refractivity contribution in [2.24, 2.45) is 0 Å². The van der Waals surface area contributed by atoms with Crippen molar-refractivity contribution in [1.29, 1.82) is 0 Å². The summed E-state index contributed by atoms with van der Waals surface area (Å²) in [6, 6.07) is 11.4. The van der Waals surface area contributed by atoms with Gasteiger partial charge in [-0.15, -0.1) is 0 Å². The van der Waals surface area contributed by atoms with Crippen LogP contribution >= 0.6 is 0 Å². The largest absolute Gasteiger partial charge is 0.427 e. The molecule has 0 aromatic heterocycles. The van der Waals surface area contributed by atoms with Crippen LogP contribution in [-0.4, -0.2) is 89.5 Å². The smallest absolute Gasteiger partial charge is 0.308 e. The standard InChI is InChI=1S/C36H46N4O8/c1-24(41)38-16-5-6-17-39-18-7-15-37-35(45)23-33(40(25(2)42)20-8-19-38)29-11-14-34(48-27(4)44)31(22-29)32(36(39)46)21-28-9-12-30(13-10-28)47-26(3)43/h9-14,22,32-33H,5-8,15-21,23H2,1-4H3,(H,37,45)/t32-,33+/m1/s1. The molecule has 12 nitrogen and oxygen atoms in total. The van der Waals surface area contributed by atoms with Gasteiger partial charge in [0, 0.05) is 72.5 Å². The Morgan fingerprint density at radius 1 is 0.771 bits per heavy atom. The third-order valence-corrected chi connectivity index (χ3v) is 8.75. The van der Waals surface area contributed by atoms with Crippen LogP contribution in [0.15, 0.2) is 42.5 Å². The van der Waals surface area contributed by atoms with E-state index in [9.17, 15) is 28.8 Å². The Balaban J connectivity index is 1.90. The van der Waals surface area contributed by atoms with E-state index in [0.29, 0.717) is 81.8 Å². The highest BCUT2D eigenvalue weighted by molar-refractivity contribution is 5.86. The summed E-state index contributed by atoms with van der Waals surface area (Å²) in [5, 5.41) is 2.97. The molecule has 0 spiro atoms. The topological polar surface area (TPSA) is 143 Å². The van der Waals surface area contributed by atoms with Gasteiger partial charge in [-0.25, -0.2) is 0 Å². The molecule has 0 saturated heterocycles. The van der Waals surface area contributed by atoms with Crippen molar-refractivity contribution in [3.8, 4) is 11.5 Å². The second kappa shape index (κ2) is 16.9. The van der Waals surface area contributed by atoms with Crippen molar-refractivity contribution in [3.05, 3.63) is 59.2 Å². The number of nitrogens with one attached hydrogen (secondary N) is 1. The van der Waals surface area contributed by atoms with Gasteiger partial charge in [-0.3, -0.25) is 28.8 Å². The average Bonchev–Trinajstić information content (AvgIpc) is 3.03. The summed E-state index contributed by atoms with van der Waals surface area (Å²) in [5.41, 5.74) is 1.89. The predicted octanol–water partition coefficient (Wildman–Crippen LogP) is 3.52. The zero-order valence-corrected chi connectivity index (χ0v) is 28.3. The van der Waals surface area contributed by atoms with Crippen LogP contribution in [0.4, 0.5) is 0 Å². The van der Waals surface area contributed by atoms with Crippen molar-refractivity contribution in [2.45, 2.75) is 78.2 Å². The van der Waals surface area contributed by atoms with Crippen LogP contribution in [0.1, 0.15) is 88.4 Å². The summed E-state index contributed by atoms with van der Waals surface area (Å²) < 4.78 is 10.9. The Bertz CT molecular complexity index is 1510. The van der Waals surface area contributed by atoms with Gasteiger partial charge in [-0.05, 0) is 67.5 Å². The summed E-state index contributed by atoms with van der Waals surface area (Å²) in [4.78, 5) is 82.6. The van der Waals surface area contributed by atoms with E-state index in [1.807, 2.05) is 0 Å².